The Labute approximate surface area is 136 Å². The average Bonchev–Trinajstić information content (AvgIpc) is 2.48. The van der Waals surface area contributed by atoms with Gasteiger partial charge in [-0.1, -0.05) is 17.7 Å². The van der Waals surface area contributed by atoms with Crippen LogP contribution in [0.25, 0.3) is 0 Å². The van der Waals surface area contributed by atoms with Crippen LogP contribution >= 0.6 is 0 Å². The van der Waals surface area contributed by atoms with Crippen molar-refractivity contribution in [3.8, 4) is 5.75 Å². The summed E-state index contributed by atoms with van der Waals surface area (Å²) in [6.45, 7) is 6.51. The number of carbonyl (C=O) groups excluding carboxylic acids is 1. The number of benzene rings is 1. The summed E-state index contributed by atoms with van der Waals surface area (Å²) in [5.74, 6) is -0.390. The molecular weight excluding hydrogens is 298 g/mol. The maximum absolute atomic E-state index is 12.2. The van der Waals surface area contributed by atoms with Crippen LogP contribution in [-0.4, -0.2) is 53.8 Å². The molecule has 6 heteroatoms. The second kappa shape index (κ2) is 7.46. The molecule has 0 radical (unpaired) electrons. The predicted molar refractivity (Wildman–Crippen MR) is 84.6 cm³/mol. The molecule has 0 saturated carbocycles. The lowest BCUT2D eigenvalue weighted by Crippen LogP contribution is -2.52. The third-order valence-corrected chi connectivity index (χ3v) is 3.79. The monoisotopic (exact) mass is 321 g/mol. The van der Waals surface area contributed by atoms with Gasteiger partial charge in [0.15, 0.2) is 6.10 Å². The Morgan fingerprint density at radius 3 is 2.74 bits per heavy atom. The number of rotatable bonds is 5. The van der Waals surface area contributed by atoms with Crippen molar-refractivity contribution in [1.82, 2.24) is 4.90 Å². The van der Waals surface area contributed by atoms with Crippen LogP contribution in [0.1, 0.15) is 24.5 Å². The minimum absolute atomic E-state index is 0.0854. The summed E-state index contributed by atoms with van der Waals surface area (Å²) in [5.41, 5.74) is 2.19. The van der Waals surface area contributed by atoms with Crippen molar-refractivity contribution in [3.63, 3.8) is 0 Å². The standard InChI is InChI=1S/C17H23NO5/c1-11-4-5-14(12(2)8-11)22-7-6-16(19)18-9-13(3)23-15(10-18)17(20)21/h4-5,8,13,15H,6-7,9-10H2,1-3H3,(H,20,21)/t13-,15?/m1/s1. The normalized spacial score (nSPS) is 21.1. The van der Waals surface area contributed by atoms with Gasteiger partial charge in [-0.25, -0.2) is 4.79 Å². The Hall–Kier alpha value is -2.08. The molecule has 1 aliphatic rings. The zero-order valence-electron chi connectivity index (χ0n) is 13.7. The number of carbonyl (C=O) groups is 2. The average molecular weight is 321 g/mol. The summed E-state index contributed by atoms with van der Waals surface area (Å²) >= 11 is 0. The molecule has 2 atom stereocenters. The second-order valence-electron chi connectivity index (χ2n) is 5.94. The second-order valence-corrected chi connectivity index (χ2v) is 5.94. The maximum Gasteiger partial charge on any atom is 0.334 e. The SMILES string of the molecule is Cc1ccc(OCCC(=O)N2CC(C(=O)O)O[C@H](C)C2)c(C)c1. The first kappa shape index (κ1) is 17.3. The number of morpholine rings is 1. The minimum Gasteiger partial charge on any atom is -0.493 e. The lowest BCUT2D eigenvalue weighted by atomic mass is 10.1. The molecule has 1 saturated heterocycles. The largest absolute Gasteiger partial charge is 0.493 e. The number of carboxylic acids is 1. The first-order valence-corrected chi connectivity index (χ1v) is 7.73. The number of hydrogen-bond donors (Lipinski definition) is 1. The summed E-state index contributed by atoms with van der Waals surface area (Å²) in [5, 5.41) is 9.05. The van der Waals surface area contributed by atoms with Crippen LogP contribution in [0, 0.1) is 13.8 Å². The van der Waals surface area contributed by atoms with Crippen LogP contribution in [0.2, 0.25) is 0 Å². The molecule has 1 heterocycles. The molecule has 2 rings (SSSR count). The Kier molecular flexibility index (Phi) is 5.60. The minimum atomic E-state index is -1.04. The highest BCUT2D eigenvalue weighted by atomic mass is 16.5. The third kappa shape index (κ3) is 4.69. The number of aliphatic carboxylic acids is 1. The van der Waals surface area contributed by atoms with Crippen molar-refractivity contribution in [2.24, 2.45) is 0 Å². The van der Waals surface area contributed by atoms with E-state index in [1.807, 2.05) is 32.0 Å². The van der Waals surface area contributed by atoms with Gasteiger partial charge in [0.25, 0.3) is 0 Å². The predicted octanol–water partition coefficient (Wildman–Crippen LogP) is 1.77. The van der Waals surface area contributed by atoms with E-state index < -0.39 is 12.1 Å². The molecule has 1 amide bonds. The molecule has 0 aromatic heterocycles. The highest BCUT2D eigenvalue weighted by Crippen LogP contribution is 2.19. The molecule has 23 heavy (non-hydrogen) atoms. The highest BCUT2D eigenvalue weighted by molar-refractivity contribution is 5.78. The number of carboxylic acid groups (broad SMARTS) is 1. The number of aryl methyl sites for hydroxylation is 2. The van der Waals surface area contributed by atoms with Crippen LogP contribution in [0.4, 0.5) is 0 Å². The van der Waals surface area contributed by atoms with E-state index in [4.69, 9.17) is 14.6 Å². The maximum atomic E-state index is 12.2. The van der Waals surface area contributed by atoms with Gasteiger partial charge in [-0.05, 0) is 32.4 Å². The Bertz CT molecular complexity index is 586. The van der Waals surface area contributed by atoms with Gasteiger partial charge in [0, 0.05) is 6.54 Å². The molecule has 0 aliphatic carbocycles. The molecule has 1 aromatic rings. The van der Waals surface area contributed by atoms with Crippen molar-refractivity contribution in [1.29, 1.82) is 0 Å². The molecule has 126 valence electrons. The number of hydrogen-bond acceptors (Lipinski definition) is 4. The molecule has 1 N–H and O–H groups in total. The molecule has 0 bridgehead atoms. The zero-order chi connectivity index (χ0) is 17.0. The molecule has 0 spiro atoms. The summed E-state index contributed by atoms with van der Waals surface area (Å²) in [6.07, 6.45) is -1.02. The Balaban J connectivity index is 1.85. The molecule has 6 nitrogen and oxygen atoms in total. The quantitative estimate of drug-likeness (QED) is 0.894. The van der Waals surface area contributed by atoms with Crippen LogP contribution < -0.4 is 4.74 Å². The number of amides is 1. The summed E-state index contributed by atoms with van der Waals surface area (Å²) in [6, 6.07) is 5.88. The van der Waals surface area contributed by atoms with E-state index in [0.29, 0.717) is 6.54 Å². The van der Waals surface area contributed by atoms with E-state index in [1.165, 1.54) is 4.90 Å². The van der Waals surface area contributed by atoms with Gasteiger partial charge >= 0.3 is 5.97 Å². The van der Waals surface area contributed by atoms with E-state index in [-0.39, 0.29) is 31.6 Å². The first-order valence-electron chi connectivity index (χ1n) is 7.73. The van der Waals surface area contributed by atoms with Crippen molar-refractivity contribution in [2.75, 3.05) is 19.7 Å². The van der Waals surface area contributed by atoms with Gasteiger partial charge in [0.05, 0.1) is 25.7 Å². The third-order valence-electron chi connectivity index (χ3n) is 3.79. The lowest BCUT2D eigenvalue weighted by Gasteiger charge is -2.35. The van der Waals surface area contributed by atoms with Gasteiger partial charge in [-0.2, -0.15) is 0 Å². The summed E-state index contributed by atoms with van der Waals surface area (Å²) < 4.78 is 11.0. The van der Waals surface area contributed by atoms with Crippen LogP contribution in [-0.2, 0) is 14.3 Å². The first-order chi connectivity index (χ1) is 10.9. The number of nitrogens with zero attached hydrogens (tertiary/aromatic N) is 1. The summed E-state index contributed by atoms with van der Waals surface area (Å²) in [4.78, 5) is 24.8. The number of ether oxygens (including phenoxy) is 2. The van der Waals surface area contributed by atoms with E-state index in [9.17, 15) is 9.59 Å². The van der Waals surface area contributed by atoms with Crippen LogP contribution in [0.5, 0.6) is 5.75 Å². The van der Waals surface area contributed by atoms with E-state index in [1.54, 1.807) is 6.92 Å². The molecule has 1 aliphatic heterocycles. The zero-order valence-corrected chi connectivity index (χ0v) is 13.7. The highest BCUT2D eigenvalue weighted by Gasteiger charge is 2.32. The van der Waals surface area contributed by atoms with Crippen molar-refractivity contribution in [3.05, 3.63) is 29.3 Å². The van der Waals surface area contributed by atoms with Gasteiger partial charge in [0.2, 0.25) is 5.91 Å². The van der Waals surface area contributed by atoms with Crippen molar-refractivity contribution < 1.29 is 24.2 Å². The molecular formula is C17H23NO5. The fourth-order valence-electron chi connectivity index (χ4n) is 2.66. The van der Waals surface area contributed by atoms with Gasteiger partial charge < -0.3 is 19.5 Å². The molecule has 1 unspecified atom stereocenters. The van der Waals surface area contributed by atoms with Crippen molar-refractivity contribution >= 4 is 11.9 Å². The molecule has 1 aromatic carbocycles. The smallest absolute Gasteiger partial charge is 0.334 e. The van der Waals surface area contributed by atoms with Gasteiger partial charge in [0.1, 0.15) is 5.75 Å². The van der Waals surface area contributed by atoms with Crippen LogP contribution in [0.3, 0.4) is 0 Å². The van der Waals surface area contributed by atoms with Gasteiger partial charge in [-0.15, -0.1) is 0 Å². The fourth-order valence-corrected chi connectivity index (χ4v) is 2.66. The Morgan fingerprint density at radius 2 is 2.09 bits per heavy atom. The summed E-state index contributed by atoms with van der Waals surface area (Å²) in [7, 11) is 0. The van der Waals surface area contributed by atoms with Crippen LogP contribution in [0.15, 0.2) is 18.2 Å². The van der Waals surface area contributed by atoms with E-state index >= 15 is 0 Å². The van der Waals surface area contributed by atoms with Gasteiger partial charge in [-0.3, -0.25) is 4.79 Å². The lowest BCUT2D eigenvalue weighted by molar-refractivity contribution is -0.166. The molecule has 1 fully saturated rings. The topological polar surface area (TPSA) is 76.1 Å². The van der Waals surface area contributed by atoms with E-state index in [0.717, 1.165) is 16.9 Å². The van der Waals surface area contributed by atoms with E-state index in [2.05, 4.69) is 0 Å². The Morgan fingerprint density at radius 1 is 1.35 bits per heavy atom. The fraction of sp³-hybridized carbons (Fsp3) is 0.529. The van der Waals surface area contributed by atoms with Crippen molar-refractivity contribution in [2.45, 2.75) is 39.4 Å².